The van der Waals surface area contributed by atoms with E-state index in [1.165, 1.54) is 44.1 Å². The molecule has 0 heterocycles. The fourth-order valence-corrected chi connectivity index (χ4v) is 3.68. The maximum Gasteiger partial charge on any atom is 0.0940 e. The summed E-state index contributed by atoms with van der Waals surface area (Å²) in [6, 6.07) is 18.0. The van der Waals surface area contributed by atoms with Gasteiger partial charge in [0.15, 0.2) is 0 Å². The van der Waals surface area contributed by atoms with Crippen molar-refractivity contribution in [1.29, 1.82) is 0 Å². The van der Waals surface area contributed by atoms with Gasteiger partial charge in [-0.25, -0.2) is 0 Å². The van der Waals surface area contributed by atoms with Crippen molar-refractivity contribution in [2.45, 2.75) is 83.5 Å². The summed E-state index contributed by atoms with van der Waals surface area (Å²) in [4.78, 5) is 0. The maximum atomic E-state index is 10.5. The first-order valence-electron chi connectivity index (χ1n) is 11.3. The van der Waals surface area contributed by atoms with Gasteiger partial charge in [-0.3, -0.25) is 0 Å². The van der Waals surface area contributed by atoms with E-state index in [1.807, 2.05) is 37.3 Å². The van der Waals surface area contributed by atoms with Crippen LogP contribution in [-0.2, 0) is 6.42 Å². The number of benzene rings is 2. The lowest BCUT2D eigenvalue weighted by atomic mass is 10.0. The second-order valence-electron chi connectivity index (χ2n) is 8.16. The lowest BCUT2D eigenvalue weighted by Crippen LogP contribution is -2.33. The Bertz CT molecular complexity index is 656. The zero-order valence-corrected chi connectivity index (χ0v) is 18.2. The van der Waals surface area contributed by atoms with E-state index in [9.17, 15) is 10.2 Å². The molecule has 2 aromatic rings. The Kier molecular flexibility index (Phi) is 11.0. The number of aliphatic hydroxyl groups is 2. The zero-order chi connectivity index (χ0) is 20.9. The van der Waals surface area contributed by atoms with Crippen molar-refractivity contribution in [3.05, 3.63) is 71.3 Å². The molecular formula is C26H39NO2. The molecule has 0 fully saturated rings. The summed E-state index contributed by atoms with van der Waals surface area (Å²) in [5.41, 5.74) is 3.23. The zero-order valence-electron chi connectivity index (χ0n) is 18.2. The van der Waals surface area contributed by atoms with Crippen LogP contribution in [0.5, 0.6) is 0 Å². The highest BCUT2D eigenvalue weighted by molar-refractivity contribution is 5.24. The number of hydrogen-bond donors (Lipinski definition) is 3. The number of unbranched alkanes of at least 4 members (excludes halogenated alkanes) is 5. The van der Waals surface area contributed by atoms with Gasteiger partial charge in [-0.05, 0) is 49.4 Å². The molecule has 160 valence electrons. The maximum absolute atomic E-state index is 10.5. The highest BCUT2D eigenvalue weighted by Crippen LogP contribution is 2.19. The van der Waals surface area contributed by atoms with Gasteiger partial charge in [0.2, 0.25) is 0 Å². The molecule has 0 saturated heterocycles. The van der Waals surface area contributed by atoms with Gasteiger partial charge in [0.05, 0.1) is 12.2 Å². The van der Waals surface area contributed by atoms with Gasteiger partial charge in [0.25, 0.3) is 0 Å². The summed E-state index contributed by atoms with van der Waals surface area (Å²) in [6.45, 7) is 4.88. The molecule has 0 bridgehead atoms. The minimum Gasteiger partial charge on any atom is -0.388 e. The van der Waals surface area contributed by atoms with Crippen LogP contribution in [0, 0.1) is 0 Å². The van der Waals surface area contributed by atoms with Gasteiger partial charge < -0.3 is 15.5 Å². The van der Waals surface area contributed by atoms with Crippen molar-refractivity contribution in [3.63, 3.8) is 0 Å². The summed E-state index contributed by atoms with van der Waals surface area (Å²) in [6.07, 6.45) is 8.63. The Morgan fingerprint density at radius 2 is 1.45 bits per heavy atom. The molecule has 3 N–H and O–H groups in total. The van der Waals surface area contributed by atoms with Crippen LogP contribution >= 0.6 is 0 Å². The third-order valence-electron chi connectivity index (χ3n) is 5.68. The Morgan fingerprint density at radius 3 is 2.14 bits per heavy atom. The van der Waals surface area contributed by atoms with Gasteiger partial charge in [0, 0.05) is 6.04 Å². The van der Waals surface area contributed by atoms with Crippen molar-refractivity contribution in [2.24, 2.45) is 0 Å². The lowest BCUT2D eigenvalue weighted by Gasteiger charge is -2.21. The summed E-state index contributed by atoms with van der Waals surface area (Å²) >= 11 is 0. The number of aliphatic hydroxyl groups excluding tert-OH is 2. The van der Waals surface area contributed by atoms with E-state index in [0.29, 0.717) is 13.0 Å². The van der Waals surface area contributed by atoms with Gasteiger partial charge in [0.1, 0.15) is 0 Å². The monoisotopic (exact) mass is 397 g/mol. The van der Waals surface area contributed by atoms with E-state index in [2.05, 4.69) is 36.5 Å². The van der Waals surface area contributed by atoms with Crippen molar-refractivity contribution < 1.29 is 10.2 Å². The minimum absolute atomic E-state index is 0.0655. The predicted octanol–water partition coefficient (Wildman–Crippen LogP) is 5.72. The van der Waals surface area contributed by atoms with E-state index < -0.39 is 12.2 Å². The highest BCUT2D eigenvalue weighted by atomic mass is 16.3. The number of hydrogen-bond acceptors (Lipinski definition) is 3. The molecule has 3 heteroatoms. The van der Waals surface area contributed by atoms with Crippen molar-refractivity contribution in [2.75, 3.05) is 6.54 Å². The van der Waals surface area contributed by atoms with Crippen molar-refractivity contribution in [1.82, 2.24) is 5.32 Å². The first kappa shape index (κ1) is 23.6. The van der Waals surface area contributed by atoms with Crippen LogP contribution in [0.4, 0.5) is 0 Å². The van der Waals surface area contributed by atoms with Crippen molar-refractivity contribution in [3.8, 4) is 0 Å². The Balaban J connectivity index is 1.67. The fourth-order valence-electron chi connectivity index (χ4n) is 3.68. The third-order valence-corrected chi connectivity index (χ3v) is 5.68. The van der Waals surface area contributed by atoms with E-state index >= 15 is 0 Å². The third kappa shape index (κ3) is 8.69. The van der Waals surface area contributed by atoms with Gasteiger partial charge in [-0.1, -0.05) is 93.6 Å². The molecule has 2 aromatic carbocycles. The molecule has 0 amide bonds. The fraction of sp³-hybridized carbons (Fsp3) is 0.538. The quantitative estimate of drug-likeness (QED) is 0.357. The first-order valence-corrected chi connectivity index (χ1v) is 11.3. The molecule has 3 unspecified atom stereocenters. The van der Waals surface area contributed by atoms with Crippen LogP contribution in [0.3, 0.4) is 0 Å². The number of nitrogens with one attached hydrogen (secondary N) is 1. The molecule has 0 aliphatic carbocycles. The van der Waals surface area contributed by atoms with Crippen LogP contribution in [0.1, 0.15) is 87.7 Å². The Labute approximate surface area is 177 Å². The number of aryl methyl sites for hydroxylation is 1. The summed E-state index contributed by atoms with van der Waals surface area (Å²) < 4.78 is 0. The van der Waals surface area contributed by atoms with Crippen LogP contribution in [0.25, 0.3) is 0 Å². The topological polar surface area (TPSA) is 52.5 Å². The predicted molar refractivity (Wildman–Crippen MR) is 122 cm³/mol. The van der Waals surface area contributed by atoms with Gasteiger partial charge in [-0.15, -0.1) is 0 Å². The molecule has 3 atom stereocenters. The summed E-state index contributed by atoms with van der Waals surface area (Å²) in [5.74, 6) is 0. The number of rotatable bonds is 14. The Morgan fingerprint density at radius 1 is 0.793 bits per heavy atom. The summed E-state index contributed by atoms with van der Waals surface area (Å²) in [7, 11) is 0. The molecule has 0 aliphatic heterocycles. The molecule has 3 nitrogen and oxygen atoms in total. The standard InChI is InChI=1S/C26H39NO2/c1-3-4-5-6-7-9-12-22-15-17-23(18-16-22)25(28)19-20-27-21(2)26(29)24-13-10-8-11-14-24/h8,10-11,13-18,21,25-29H,3-7,9,12,19-20H2,1-2H3. The molecule has 0 aromatic heterocycles. The average molecular weight is 398 g/mol. The molecular weight excluding hydrogens is 358 g/mol. The van der Waals surface area contributed by atoms with E-state index in [1.54, 1.807) is 0 Å². The average Bonchev–Trinajstić information content (AvgIpc) is 2.76. The molecule has 0 spiro atoms. The second kappa shape index (κ2) is 13.5. The molecule has 0 saturated carbocycles. The van der Waals surface area contributed by atoms with E-state index in [4.69, 9.17) is 0 Å². The highest BCUT2D eigenvalue weighted by Gasteiger charge is 2.16. The van der Waals surface area contributed by atoms with Crippen LogP contribution in [0.2, 0.25) is 0 Å². The second-order valence-corrected chi connectivity index (χ2v) is 8.16. The largest absolute Gasteiger partial charge is 0.388 e. The summed E-state index contributed by atoms with van der Waals surface area (Å²) in [5, 5.41) is 24.2. The normalized spacial score (nSPS) is 14.5. The van der Waals surface area contributed by atoms with E-state index in [-0.39, 0.29) is 6.04 Å². The lowest BCUT2D eigenvalue weighted by molar-refractivity contribution is 0.127. The molecule has 0 aliphatic rings. The molecule has 29 heavy (non-hydrogen) atoms. The minimum atomic E-state index is -0.547. The van der Waals surface area contributed by atoms with Crippen LogP contribution in [-0.4, -0.2) is 22.8 Å². The van der Waals surface area contributed by atoms with Gasteiger partial charge >= 0.3 is 0 Å². The smallest absolute Gasteiger partial charge is 0.0940 e. The van der Waals surface area contributed by atoms with Crippen molar-refractivity contribution >= 4 is 0 Å². The SMILES string of the molecule is CCCCCCCCc1ccc(C(O)CCNC(C)C(O)c2ccccc2)cc1. The first-order chi connectivity index (χ1) is 14.1. The molecule has 0 radical (unpaired) electrons. The molecule has 2 rings (SSSR count). The Hall–Kier alpha value is -1.68. The van der Waals surface area contributed by atoms with Crippen LogP contribution in [0.15, 0.2) is 54.6 Å². The van der Waals surface area contributed by atoms with Crippen LogP contribution < -0.4 is 5.32 Å². The van der Waals surface area contributed by atoms with Gasteiger partial charge in [-0.2, -0.15) is 0 Å². The van der Waals surface area contributed by atoms with E-state index in [0.717, 1.165) is 17.5 Å².